The number of methoxy groups -OCH3 is 2. The van der Waals surface area contributed by atoms with Crippen molar-refractivity contribution in [2.75, 3.05) is 28.9 Å². The fourth-order valence-electron chi connectivity index (χ4n) is 6.12. The highest BCUT2D eigenvalue weighted by molar-refractivity contribution is 6.35. The number of aromatic carboxylic acids is 2. The number of carboxylic acid groups (broad SMARTS) is 2. The number of hydrogen-bond acceptors (Lipinski definition) is 9. The molecule has 2 aliphatic rings. The Balaban J connectivity index is 1.25. The third-order valence-corrected chi connectivity index (χ3v) is 8.63. The van der Waals surface area contributed by atoms with Gasteiger partial charge in [-0.1, -0.05) is 0 Å². The van der Waals surface area contributed by atoms with Gasteiger partial charge in [0.15, 0.2) is 0 Å². The predicted octanol–water partition coefficient (Wildman–Crippen LogP) is 6.17. The van der Waals surface area contributed by atoms with Gasteiger partial charge in [-0.05, 0) is 97.1 Å². The van der Waals surface area contributed by atoms with Crippen molar-refractivity contribution in [3.8, 4) is 11.5 Å². The smallest absolute Gasteiger partial charge is 0.335 e. The lowest BCUT2D eigenvalue weighted by molar-refractivity contribution is 0.0686. The van der Waals surface area contributed by atoms with Crippen molar-refractivity contribution in [2.24, 2.45) is 0 Å². The van der Waals surface area contributed by atoms with E-state index in [0.717, 1.165) is 9.80 Å². The van der Waals surface area contributed by atoms with Crippen LogP contribution in [0.15, 0.2) is 103 Å². The first kappa shape index (κ1) is 32.3. The molecular weight excluding hydrogens is 658 g/mol. The van der Waals surface area contributed by atoms with Gasteiger partial charge in [0.25, 0.3) is 23.6 Å². The topological polar surface area (TPSA) is 171 Å². The number of carbonyl (C=O) groups excluding carboxylic acids is 4. The Morgan fingerprint density at radius 2 is 0.961 bits per heavy atom. The molecule has 2 heterocycles. The number of anilines is 5. The van der Waals surface area contributed by atoms with Crippen LogP contribution in [0.25, 0.3) is 0 Å². The first-order valence-corrected chi connectivity index (χ1v) is 15.3. The lowest BCUT2D eigenvalue weighted by Gasteiger charge is -2.28. The van der Waals surface area contributed by atoms with Gasteiger partial charge in [-0.25, -0.2) is 19.4 Å². The minimum absolute atomic E-state index is 0.00551. The van der Waals surface area contributed by atoms with Crippen molar-refractivity contribution in [3.05, 3.63) is 137 Å². The number of rotatable bonds is 9. The number of carboxylic acids is 2. The third kappa shape index (κ3) is 5.29. The van der Waals surface area contributed by atoms with Crippen LogP contribution >= 0.6 is 0 Å². The maximum atomic E-state index is 13.3. The summed E-state index contributed by atoms with van der Waals surface area (Å²) < 4.78 is 11.1. The first-order valence-electron chi connectivity index (χ1n) is 15.3. The molecule has 4 amide bonds. The Hall–Kier alpha value is -7.28. The molecule has 0 aromatic heterocycles. The van der Waals surface area contributed by atoms with E-state index in [-0.39, 0.29) is 44.8 Å². The van der Waals surface area contributed by atoms with Crippen molar-refractivity contribution >= 4 is 64.0 Å². The highest BCUT2D eigenvalue weighted by Crippen LogP contribution is 2.43. The Morgan fingerprint density at radius 1 is 0.529 bits per heavy atom. The summed E-state index contributed by atoms with van der Waals surface area (Å²) in [6.07, 6.45) is 0. The number of ether oxygens (including phenoxy) is 2. The van der Waals surface area contributed by atoms with Crippen LogP contribution in [0.2, 0.25) is 0 Å². The molecule has 0 unspecified atom stereocenters. The van der Waals surface area contributed by atoms with E-state index in [1.807, 2.05) is 4.90 Å². The second kappa shape index (κ2) is 12.3. The maximum Gasteiger partial charge on any atom is 0.335 e. The SMILES string of the molecule is COc1ccc(N(c2ccc(N3C(=O)c4ccc(C(=O)O)cc4C3=O)cc2)c2ccc(N3C(=O)c4ccc(C(=O)O)cc4C3=O)cc2)c(OC)c1. The van der Waals surface area contributed by atoms with Crippen molar-refractivity contribution in [1.82, 2.24) is 0 Å². The van der Waals surface area contributed by atoms with Gasteiger partial charge < -0.3 is 24.6 Å². The number of hydrogen-bond donors (Lipinski definition) is 2. The van der Waals surface area contributed by atoms with Crippen LogP contribution in [0.4, 0.5) is 28.4 Å². The van der Waals surface area contributed by atoms with Crippen LogP contribution in [-0.2, 0) is 0 Å². The molecular formula is C38H25N3O10. The number of carbonyl (C=O) groups is 6. The zero-order valence-corrected chi connectivity index (χ0v) is 26.8. The normalized spacial score (nSPS) is 13.3. The Kier molecular flexibility index (Phi) is 7.79. The van der Waals surface area contributed by atoms with Crippen LogP contribution in [0.3, 0.4) is 0 Å². The molecule has 13 heteroatoms. The van der Waals surface area contributed by atoms with Gasteiger partial charge in [-0.3, -0.25) is 19.2 Å². The highest BCUT2D eigenvalue weighted by Gasteiger charge is 2.38. The summed E-state index contributed by atoms with van der Waals surface area (Å²) >= 11 is 0. The number of imide groups is 2. The van der Waals surface area contributed by atoms with Crippen LogP contribution in [0, 0.1) is 0 Å². The van der Waals surface area contributed by atoms with Gasteiger partial charge >= 0.3 is 11.9 Å². The fourth-order valence-corrected chi connectivity index (χ4v) is 6.12. The van der Waals surface area contributed by atoms with Crippen molar-refractivity contribution in [3.63, 3.8) is 0 Å². The standard InChI is InChI=1S/C38H25N3O10/c1-50-26-13-16-31(32(19-26)51-2)39(22-5-9-24(10-6-22)40-33(42)27-14-3-20(37(46)47)17-29(27)35(40)44)23-7-11-25(12-8-23)41-34(43)28-15-4-21(38(48)49)18-30(28)36(41)45/h3-19H,1-2H3,(H,46,47)(H,48,49). The Morgan fingerprint density at radius 3 is 1.35 bits per heavy atom. The molecule has 0 saturated carbocycles. The molecule has 0 spiro atoms. The van der Waals surface area contributed by atoms with Crippen molar-refractivity contribution in [2.45, 2.75) is 0 Å². The van der Waals surface area contributed by atoms with Gasteiger partial charge in [0.1, 0.15) is 11.5 Å². The van der Waals surface area contributed by atoms with Gasteiger partial charge in [-0.15, -0.1) is 0 Å². The summed E-state index contributed by atoms with van der Waals surface area (Å²) in [6.45, 7) is 0. The summed E-state index contributed by atoms with van der Waals surface area (Å²) in [5, 5.41) is 18.7. The third-order valence-electron chi connectivity index (χ3n) is 8.63. The molecule has 51 heavy (non-hydrogen) atoms. The average Bonchev–Trinajstić information content (AvgIpc) is 3.55. The zero-order valence-electron chi connectivity index (χ0n) is 26.8. The minimum atomic E-state index is -1.22. The van der Waals surface area contributed by atoms with E-state index in [9.17, 15) is 39.0 Å². The zero-order chi connectivity index (χ0) is 36.1. The molecule has 0 bridgehead atoms. The lowest BCUT2D eigenvalue weighted by atomic mass is 10.1. The van der Waals surface area contributed by atoms with Crippen LogP contribution in [-0.4, -0.2) is 60.0 Å². The predicted molar refractivity (Wildman–Crippen MR) is 183 cm³/mol. The highest BCUT2D eigenvalue weighted by atomic mass is 16.5. The maximum absolute atomic E-state index is 13.3. The fraction of sp³-hybridized carbons (Fsp3) is 0.0526. The van der Waals surface area contributed by atoms with E-state index in [1.165, 1.54) is 50.6 Å². The van der Waals surface area contributed by atoms with Gasteiger partial charge in [-0.2, -0.15) is 0 Å². The second-order valence-electron chi connectivity index (χ2n) is 11.4. The summed E-state index contributed by atoms with van der Waals surface area (Å²) in [5.41, 5.74) is 2.19. The molecule has 5 aromatic carbocycles. The minimum Gasteiger partial charge on any atom is -0.497 e. The summed E-state index contributed by atoms with van der Waals surface area (Å²) in [7, 11) is 3.02. The molecule has 0 atom stereocenters. The second-order valence-corrected chi connectivity index (χ2v) is 11.4. The van der Waals surface area contributed by atoms with E-state index in [4.69, 9.17) is 9.47 Å². The van der Waals surface area contributed by atoms with E-state index in [1.54, 1.807) is 66.7 Å². The van der Waals surface area contributed by atoms with Crippen LogP contribution in [0.1, 0.15) is 62.1 Å². The largest absolute Gasteiger partial charge is 0.497 e. The molecule has 2 N–H and O–H groups in total. The summed E-state index contributed by atoms with van der Waals surface area (Å²) in [5.74, 6) is -3.94. The van der Waals surface area contributed by atoms with Gasteiger partial charge in [0.2, 0.25) is 0 Å². The van der Waals surface area contributed by atoms with Crippen LogP contribution in [0.5, 0.6) is 11.5 Å². The monoisotopic (exact) mass is 683 g/mol. The number of amides is 4. The summed E-state index contributed by atoms with van der Waals surface area (Å²) in [6, 6.07) is 25.8. The number of benzene rings is 5. The molecule has 0 fully saturated rings. The van der Waals surface area contributed by atoms with Crippen molar-refractivity contribution in [1.29, 1.82) is 0 Å². The van der Waals surface area contributed by atoms with Crippen molar-refractivity contribution < 1.29 is 48.5 Å². The molecule has 252 valence electrons. The Labute approximate surface area is 289 Å². The number of nitrogens with zero attached hydrogens (tertiary/aromatic N) is 3. The molecule has 13 nitrogen and oxygen atoms in total. The van der Waals surface area contributed by atoms with Gasteiger partial charge in [0, 0.05) is 17.4 Å². The lowest BCUT2D eigenvalue weighted by Crippen LogP contribution is -2.29. The molecule has 0 radical (unpaired) electrons. The first-order chi connectivity index (χ1) is 24.5. The molecule has 2 aliphatic heterocycles. The molecule has 5 aromatic rings. The van der Waals surface area contributed by atoms with E-state index in [0.29, 0.717) is 28.6 Å². The van der Waals surface area contributed by atoms with E-state index >= 15 is 0 Å². The van der Waals surface area contributed by atoms with E-state index < -0.39 is 35.6 Å². The van der Waals surface area contributed by atoms with Gasteiger partial charge in [0.05, 0.1) is 64.7 Å². The Bertz CT molecular complexity index is 2200. The summed E-state index contributed by atoms with van der Waals surface area (Å²) in [4.78, 5) is 79.8. The molecule has 0 aliphatic carbocycles. The number of fused-ring (bicyclic) bond motifs is 2. The molecule has 7 rings (SSSR count). The van der Waals surface area contributed by atoms with E-state index in [2.05, 4.69) is 0 Å². The van der Waals surface area contributed by atoms with Crippen LogP contribution < -0.4 is 24.2 Å². The average molecular weight is 684 g/mol. The quantitative estimate of drug-likeness (QED) is 0.170. The molecule has 0 saturated heterocycles.